The van der Waals surface area contributed by atoms with E-state index in [0.29, 0.717) is 0 Å². The van der Waals surface area contributed by atoms with Crippen molar-refractivity contribution in [1.82, 2.24) is 0 Å². The lowest BCUT2D eigenvalue weighted by Gasteiger charge is -1.64. The van der Waals surface area contributed by atoms with Crippen LogP contribution in [0.1, 0.15) is 4.11 Å². The van der Waals surface area contributed by atoms with Gasteiger partial charge in [-0.3, -0.25) is 0 Å². The zero-order valence-corrected chi connectivity index (χ0v) is 2.36. The van der Waals surface area contributed by atoms with E-state index in [1.165, 1.54) is 0 Å². The number of carbonyl (C=O) groups is 1. The Morgan fingerprint density at radius 1 is 2.60 bits per heavy atom. The van der Waals surface area contributed by atoms with Crippen LogP contribution in [0.25, 0.3) is 0 Å². The van der Waals surface area contributed by atoms with Crippen molar-refractivity contribution < 1.29 is 14.0 Å². The van der Waals surface area contributed by atoms with Gasteiger partial charge in [-0.25, -0.2) is 4.79 Å². The fraction of sp³-hybridized carbons (Fsp3) is 0. The first-order chi connectivity index (χ1) is 3.55. The van der Waals surface area contributed by atoms with Crippen LogP contribution < -0.4 is 0 Å². The highest BCUT2D eigenvalue weighted by Gasteiger charge is 1.73. The van der Waals surface area contributed by atoms with Crippen LogP contribution in [0.15, 0.2) is 12.6 Å². The summed E-state index contributed by atoms with van der Waals surface area (Å²) in [7, 11) is 0. The third kappa shape index (κ3) is 3.21. The third-order valence-electron chi connectivity index (χ3n) is 0.107. The van der Waals surface area contributed by atoms with Crippen LogP contribution in [0, 0.1) is 0 Å². The highest BCUT2D eigenvalue weighted by atomic mass is 16.5. The number of carboxylic acids is 1. The van der Waals surface area contributed by atoms with Crippen molar-refractivity contribution >= 4 is 5.97 Å². The molecular formula is C3H4O2. The number of rotatable bonds is 1. The second-order valence-corrected chi connectivity index (χ2v) is 0.430. The van der Waals surface area contributed by atoms with E-state index in [4.69, 9.17) is 9.22 Å². The molecule has 0 atom stereocenters. The van der Waals surface area contributed by atoms with E-state index >= 15 is 0 Å². The molecule has 2 nitrogen and oxygen atoms in total. The van der Waals surface area contributed by atoms with Gasteiger partial charge in [0.05, 0.1) is 4.11 Å². The Bertz CT molecular complexity index is 135. The summed E-state index contributed by atoms with van der Waals surface area (Å²) < 4.78 is 19.0. The zero-order valence-electron chi connectivity index (χ0n) is 5.36. The molecule has 0 aromatic heterocycles. The van der Waals surface area contributed by atoms with Gasteiger partial charge < -0.3 is 5.11 Å². The van der Waals surface area contributed by atoms with Gasteiger partial charge in [0.2, 0.25) is 0 Å². The topological polar surface area (TPSA) is 37.3 Å². The molecule has 0 amide bonds. The Balaban J connectivity index is 4.23. The average Bonchev–Trinajstić information content (AvgIpc) is 1.64. The lowest BCUT2D eigenvalue weighted by atomic mass is 11.0. The Hall–Kier alpha value is -0.790. The van der Waals surface area contributed by atoms with E-state index in [1.807, 2.05) is 0 Å². The minimum absolute atomic E-state index is 0.975. The van der Waals surface area contributed by atoms with E-state index in [9.17, 15) is 4.79 Å². The van der Waals surface area contributed by atoms with Crippen LogP contribution in [0.5, 0.6) is 0 Å². The lowest BCUT2D eigenvalue weighted by molar-refractivity contribution is -0.131. The molecule has 0 spiro atoms. The predicted molar refractivity (Wildman–Crippen MR) is 17.8 cm³/mol. The molecule has 5 heavy (non-hydrogen) atoms. The molecule has 0 bridgehead atoms. The first-order valence-corrected chi connectivity index (χ1v) is 0.928. The Kier molecular flexibility index (Phi) is 0.342. The Labute approximate surface area is 34.0 Å². The molecule has 0 radical (unpaired) electrons. The number of hydrogen-bond donors (Lipinski definition) is 1. The smallest absolute Gasteiger partial charge is 0.327 e. The molecule has 1 N–H and O–H groups in total. The van der Waals surface area contributed by atoms with Crippen molar-refractivity contribution in [2.45, 2.75) is 0 Å². The first kappa shape index (κ1) is 1.12. The van der Waals surface area contributed by atoms with Gasteiger partial charge in [-0.15, -0.1) is 0 Å². The second-order valence-electron chi connectivity index (χ2n) is 0.430. The Morgan fingerprint density at radius 2 is 3.20 bits per heavy atom. The van der Waals surface area contributed by atoms with Crippen LogP contribution >= 0.6 is 0 Å². The first-order valence-electron chi connectivity index (χ1n) is 2.43. The minimum Gasteiger partial charge on any atom is -0.478 e. The summed E-state index contributed by atoms with van der Waals surface area (Å²) in [5, 5.41) is 7.87. The van der Waals surface area contributed by atoms with E-state index in [2.05, 4.69) is 0 Å². The van der Waals surface area contributed by atoms with Crippen molar-refractivity contribution in [3.63, 3.8) is 0 Å². The molecule has 0 aliphatic carbocycles. The molecule has 0 heterocycles. The molecule has 0 saturated carbocycles. The fourth-order valence-corrected chi connectivity index (χ4v) is 0. The maximum Gasteiger partial charge on any atom is 0.327 e. The molecule has 0 aromatic rings. The van der Waals surface area contributed by atoms with Crippen LogP contribution in [0.4, 0.5) is 0 Å². The summed E-state index contributed by atoms with van der Waals surface area (Å²) in [4.78, 5) is 9.66. The molecule has 0 aliphatic heterocycles. The number of aliphatic carboxylic acids is 1. The van der Waals surface area contributed by atoms with Crippen molar-refractivity contribution in [3.8, 4) is 0 Å². The van der Waals surface area contributed by atoms with Crippen molar-refractivity contribution in [2.75, 3.05) is 0 Å². The maximum atomic E-state index is 9.66. The van der Waals surface area contributed by atoms with E-state index in [1.54, 1.807) is 0 Å². The normalized spacial score (nSPS) is 14.0. The molecule has 28 valence electrons. The molecule has 2 heteroatoms. The molecule has 0 aromatic carbocycles. The lowest BCUT2D eigenvalue weighted by Crippen LogP contribution is -1.82. The quantitative estimate of drug-likeness (QED) is 0.359. The number of hydrogen-bond acceptors (Lipinski definition) is 1. The molecule has 0 aliphatic rings. The van der Waals surface area contributed by atoms with E-state index in [0.717, 1.165) is 0 Å². The minimum atomic E-state index is -1.54. The third-order valence-corrected chi connectivity index (χ3v) is 0.107. The van der Waals surface area contributed by atoms with Gasteiger partial charge in [0.1, 0.15) is 0 Å². The van der Waals surface area contributed by atoms with E-state index < -0.39 is 18.6 Å². The molecule has 0 unspecified atom stereocenters. The highest BCUT2D eigenvalue weighted by molar-refractivity contribution is 5.78. The molecular weight excluding hydrogens is 69.0 g/mol. The summed E-state index contributed by atoms with van der Waals surface area (Å²) in [6, 6.07) is -0.981. The van der Waals surface area contributed by atoms with Crippen LogP contribution in [0.3, 0.4) is 0 Å². The number of carboxylic acid groups (broad SMARTS) is 1. The van der Waals surface area contributed by atoms with Gasteiger partial charge in [0, 0.05) is 6.05 Å². The molecule has 0 saturated heterocycles. The van der Waals surface area contributed by atoms with Crippen molar-refractivity contribution in [3.05, 3.63) is 12.6 Å². The van der Waals surface area contributed by atoms with Crippen LogP contribution in [0.2, 0.25) is 0 Å². The van der Waals surface area contributed by atoms with Crippen molar-refractivity contribution in [2.24, 2.45) is 0 Å². The summed E-state index contributed by atoms with van der Waals surface area (Å²) in [6.07, 6.45) is 0. The van der Waals surface area contributed by atoms with E-state index in [-0.39, 0.29) is 0 Å². The molecule has 0 fully saturated rings. The fourth-order valence-electron chi connectivity index (χ4n) is 0. The monoisotopic (exact) mass is 76.0 g/mol. The van der Waals surface area contributed by atoms with Gasteiger partial charge in [-0.1, -0.05) is 6.53 Å². The highest BCUT2D eigenvalue weighted by Crippen LogP contribution is 1.54. The van der Waals surface area contributed by atoms with Gasteiger partial charge in [-0.2, -0.15) is 0 Å². The second kappa shape index (κ2) is 1.52. The molecule has 0 rings (SSSR count). The predicted octanol–water partition coefficient (Wildman–Crippen LogP) is 0.257. The van der Waals surface area contributed by atoms with Gasteiger partial charge >= 0.3 is 5.97 Å². The summed E-state index contributed by atoms with van der Waals surface area (Å²) in [6.45, 7) is -0.975. The van der Waals surface area contributed by atoms with Gasteiger partial charge in [0.25, 0.3) is 0 Å². The van der Waals surface area contributed by atoms with Crippen molar-refractivity contribution in [1.29, 1.82) is 0 Å². The largest absolute Gasteiger partial charge is 0.478 e. The van der Waals surface area contributed by atoms with Crippen LogP contribution in [-0.4, -0.2) is 11.1 Å². The SMILES string of the molecule is [2H]C([2H])=C([2H])[13C](=O)O. The average molecular weight is 76.1 g/mol. The van der Waals surface area contributed by atoms with Crippen LogP contribution in [-0.2, 0) is 4.79 Å². The summed E-state index contributed by atoms with van der Waals surface area (Å²) in [5.41, 5.74) is 0. The summed E-state index contributed by atoms with van der Waals surface area (Å²) >= 11 is 0. The zero-order chi connectivity index (χ0) is 6.73. The van der Waals surface area contributed by atoms with Gasteiger partial charge in [-0.05, 0) is 0 Å². The standard InChI is InChI=1S/C3H4O2/c1-2-3(4)5/h2H,1H2,(H,4,5)/i1D2,2D,3+1. The maximum absolute atomic E-state index is 9.66. The Morgan fingerprint density at radius 3 is 3.20 bits per heavy atom. The summed E-state index contributed by atoms with van der Waals surface area (Å²) in [5.74, 6) is -1.54. The van der Waals surface area contributed by atoms with Gasteiger partial charge in [0.15, 0.2) is 0 Å².